The third-order valence-electron chi connectivity index (χ3n) is 4.03. The van der Waals surface area contributed by atoms with Crippen molar-refractivity contribution in [3.8, 4) is 10.8 Å². The van der Waals surface area contributed by atoms with Gasteiger partial charge in [-0.05, 0) is 48.6 Å². The molecule has 0 unspecified atom stereocenters. The number of aryl methyl sites for hydroxylation is 1. The highest BCUT2D eigenvalue weighted by atomic mass is 32.1. The number of thiophene rings is 1. The van der Waals surface area contributed by atoms with Crippen molar-refractivity contribution in [3.63, 3.8) is 0 Å². The van der Waals surface area contributed by atoms with E-state index in [0.29, 0.717) is 11.8 Å². The summed E-state index contributed by atoms with van der Waals surface area (Å²) >= 11 is 1.75. The van der Waals surface area contributed by atoms with E-state index in [4.69, 9.17) is 9.26 Å². The zero-order chi connectivity index (χ0) is 12.7. The summed E-state index contributed by atoms with van der Waals surface area (Å²) in [5, 5.41) is 6.40. The summed E-state index contributed by atoms with van der Waals surface area (Å²) in [6.45, 7) is 1.53. The van der Waals surface area contributed by atoms with Crippen molar-refractivity contribution in [2.24, 2.45) is 0 Å². The molecule has 4 nitrogen and oxygen atoms in total. The molecule has 0 aromatic carbocycles. The van der Waals surface area contributed by atoms with E-state index < -0.39 is 0 Å². The Morgan fingerprint density at radius 1 is 1.26 bits per heavy atom. The van der Waals surface area contributed by atoms with Crippen LogP contribution in [0.3, 0.4) is 0 Å². The van der Waals surface area contributed by atoms with Crippen LogP contribution in [-0.2, 0) is 17.6 Å². The van der Waals surface area contributed by atoms with Crippen LogP contribution in [0.1, 0.15) is 42.1 Å². The molecule has 0 bridgehead atoms. The fourth-order valence-electron chi connectivity index (χ4n) is 2.93. The molecule has 1 aliphatic carbocycles. The van der Waals surface area contributed by atoms with Crippen molar-refractivity contribution in [1.82, 2.24) is 10.1 Å². The lowest BCUT2D eigenvalue weighted by molar-refractivity contribution is 0.192. The van der Waals surface area contributed by atoms with Crippen LogP contribution in [0.25, 0.3) is 10.8 Å². The van der Waals surface area contributed by atoms with Gasteiger partial charge in [-0.25, -0.2) is 0 Å². The lowest BCUT2D eigenvalue weighted by Gasteiger charge is -2.11. The van der Waals surface area contributed by atoms with Crippen molar-refractivity contribution in [3.05, 3.63) is 22.3 Å². The third kappa shape index (κ3) is 2.01. The Kier molecular flexibility index (Phi) is 2.89. The molecule has 1 atom stereocenters. The van der Waals surface area contributed by atoms with Gasteiger partial charge in [0, 0.05) is 12.5 Å². The fourth-order valence-corrected chi connectivity index (χ4v) is 4.01. The Morgan fingerprint density at radius 3 is 3.11 bits per heavy atom. The predicted molar refractivity (Wildman–Crippen MR) is 72.4 cm³/mol. The van der Waals surface area contributed by atoms with Crippen LogP contribution in [0.4, 0.5) is 0 Å². The van der Waals surface area contributed by atoms with Gasteiger partial charge in [-0.15, -0.1) is 11.3 Å². The number of nitrogens with zero attached hydrogens (tertiary/aromatic N) is 2. The Bertz CT molecular complexity index is 584. The van der Waals surface area contributed by atoms with Crippen molar-refractivity contribution in [1.29, 1.82) is 0 Å². The van der Waals surface area contributed by atoms with E-state index in [-0.39, 0.29) is 0 Å². The normalized spacial score (nSPS) is 22.6. The van der Waals surface area contributed by atoms with Gasteiger partial charge >= 0.3 is 0 Å². The number of aromatic nitrogens is 2. The lowest BCUT2D eigenvalue weighted by Crippen LogP contribution is -2.01. The zero-order valence-corrected chi connectivity index (χ0v) is 11.5. The number of hydrogen-bond donors (Lipinski definition) is 0. The molecule has 0 N–H and O–H groups in total. The lowest BCUT2D eigenvalue weighted by atomic mass is 9.94. The second-order valence-corrected chi connectivity index (χ2v) is 6.17. The summed E-state index contributed by atoms with van der Waals surface area (Å²) < 4.78 is 10.9. The van der Waals surface area contributed by atoms with Gasteiger partial charge in [0.2, 0.25) is 0 Å². The van der Waals surface area contributed by atoms with Crippen LogP contribution in [0, 0.1) is 0 Å². The quantitative estimate of drug-likeness (QED) is 0.845. The minimum atomic E-state index is 0.313. The predicted octanol–water partition coefficient (Wildman–Crippen LogP) is 3.18. The molecule has 19 heavy (non-hydrogen) atoms. The fraction of sp³-hybridized carbons (Fsp3) is 0.571. The third-order valence-corrected chi connectivity index (χ3v) is 5.09. The molecule has 0 radical (unpaired) electrons. The van der Waals surface area contributed by atoms with Crippen LogP contribution in [0.2, 0.25) is 0 Å². The maximum Gasteiger partial charge on any atom is 0.268 e. The maximum absolute atomic E-state index is 5.48. The van der Waals surface area contributed by atoms with Gasteiger partial charge in [-0.1, -0.05) is 5.16 Å². The molecular formula is C14H16N2O2S. The molecule has 4 rings (SSSR count). The average molecular weight is 276 g/mol. The highest BCUT2D eigenvalue weighted by molar-refractivity contribution is 7.13. The molecule has 0 saturated carbocycles. The van der Waals surface area contributed by atoms with Crippen molar-refractivity contribution in [2.45, 2.75) is 38.0 Å². The van der Waals surface area contributed by atoms with Gasteiger partial charge in [0.25, 0.3) is 5.89 Å². The molecule has 2 aliphatic rings. The number of fused-ring (bicyclic) bond motifs is 1. The van der Waals surface area contributed by atoms with Crippen LogP contribution in [0.15, 0.2) is 9.90 Å². The monoisotopic (exact) mass is 276 g/mol. The standard InChI is InChI=1S/C14H16N2O2S/c1-2-4-11-10(3-1)8-19-12(11)14-15-13(16-18-14)9-5-6-17-7-9/h8-9H,1-7H2/t9-/m0/s1. The molecule has 1 aliphatic heterocycles. The molecular weight excluding hydrogens is 260 g/mol. The summed E-state index contributed by atoms with van der Waals surface area (Å²) in [5.74, 6) is 1.83. The van der Waals surface area contributed by atoms with Crippen LogP contribution in [0.5, 0.6) is 0 Å². The summed E-state index contributed by atoms with van der Waals surface area (Å²) in [6, 6.07) is 0. The van der Waals surface area contributed by atoms with E-state index in [1.807, 2.05) is 0 Å². The zero-order valence-electron chi connectivity index (χ0n) is 10.7. The SMILES string of the molecule is c1sc(-c2nc([C@H]3CCOC3)no2)c2c1CCCC2. The average Bonchev–Trinajstić information content (AvgIpc) is 3.18. The van der Waals surface area contributed by atoms with Crippen LogP contribution < -0.4 is 0 Å². The van der Waals surface area contributed by atoms with Crippen molar-refractivity contribution in [2.75, 3.05) is 13.2 Å². The topological polar surface area (TPSA) is 48.2 Å². The molecule has 1 fully saturated rings. The van der Waals surface area contributed by atoms with E-state index >= 15 is 0 Å². The van der Waals surface area contributed by atoms with Crippen LogP contribution >= 0.6 is 11.3 Å². The maximum atomic E-state index is 5.48. The first-order chi connectivity index (χ1) is 9.42. The molecule has 0 amide bonds. The smallest absolute Gasteiger partial charge is 0.268 e. The molecule has 0 spiro atoms. The summed E-state index contributed by atoms with van der Waals surface area (Å²) in [7, 11) is 0. The molecule has 5 heteroatoms. The highest BCUT2D eigenvalue weighted by Crippen LogP contribution is 2.37. The van der Waals surface area contributed by atoms with Gasteiger partial charge in [-0.2, -0.15) is 4.98 Å². The van der Waals surface area contributed by atoms with Crippen molar-refractivity contribution >= 4 is 11.3 Å². The first-order valence-corrected chi connectivity index (χ1v) is 7.81. The molecule has 100 valence electrons. The van der Waals surface area contributed by atoms with Gasteiger partial charge in [0.15, 0.2) is 5.82 Å². The van der Waals surface area contributed by atoms with Gasteiger partial charge in [0.1, 0.15) is 0 Å². The Hall–Kier alpha value is -1.20. The Labute approximate surface area is 115 Å². The van der Waals surface area contributed by atoms with E-state index in [2.05, 4.69) is 15.5 Å². The Balaban J connectivity index is 1.67. The van der Waals surface area contributed by atoms with Gasteiger partial charge in [-0.3, -0.25) is 0 Å². The first-order valence-electron chi connectivity index (χ1n) is 6.93. The number of rotatable bonds is 2. The van der Waals surface area contributed by atoms with E-state index in [9.17, 15) is 0 Å². The van der Waals surface area contributed by atoms with Gasteiger partial charge < -0.3 is 9.26 Å². The second kappa shape index (κ2) is 4.72. The summed E-state index contributed by atoms with van der Waals surface area (Å²) in [4.78, 5) is 5.78. The van der Waals surface area contributed by atoms with E-state index in [1.165, 1.54) is 35.3 Å². The van der Waals surface area contributed by atoms with E-state index in [0.717, 1.165) is 31.9 Å². The second-order valence-electron chi connectivity index (χ2n) is 5.29. The first kappa shape index (κ1) is 11.6. The summed E-state index contributed by atoms with van der Waals surface area (Å²) in [6.07, 6.45) is 5.93. The molecule has 3 heterocycles. The van der Waals surface area contributed by atoms with Crippen molar-refractivity contribution < 1.29 is 9.26 Å². The number of ether oxygens (including phenoxy) is 1. The molecule has 2 aromatic heterocycles. The minimum absolute atomic E-state index is 0.313. The number of hydrogen-bond acceptors (Lipinski definition) is 5. The van der Waals surface area contributed by atoms with Crippen LogP contribution in [-0.4, -0.2) is 23.4 Å². The largest absolute Gasteiger partial charge is 0.381 e. The highest BCUT2D eigenvalue weighted by Gasteiger charge is 2.25. The molecule has 2 aromatic rings. The Morgan fingerprint density at radius 2 is 2.21 bits per heavy atom. The minimum Gasteiger partial charge on any atom is -0.381 e. The van der Waals surface area contributed by atoms with E-state index in [1.54, 1.807) is 11.3 Å². The molecule has 1 saturated heterocycles. The summed E-state index contributed by atoms with van der Waals surface area (Å²) in [5.41, 5.74) is 2.92. The van der Waals surface area contributed by atoms with Gasteiger partial charge in [0.05, 0.1) is 11.5 Å².